The van der Waals surface area contributed by atoms with Crippen LogP contribution in [0, 0.1) is 0 Å². The Bertz CT molecular complexity index is 448. The number of sulfonamides is 1. The van der Waals surface area contributed by atoms with E-state index in [-0.39, 0.29) is 6.54 Å². The van der Waals surface area contributed by atoms with Crippen LogP contribution in [0.1, 0.15) is 26.2 Å². The molecule has 1 fully saturated rings. The van der Waals surface area contributed by atoms with Crippen molar-refractivity contribution in [2.45, 2.75) is 32.2 Å². The number of carboxylic acids is 1. The number of carbonyl (C=O) groups is 2. The van der Waals surface area contributed by atoms with E-state index >= 15 is 0 Å². The highest BCUT2D eigenvalue weighted by atomic mass is 32.2. The largest absolute Gasteiger partial charge is 0.480 e. The van der Waals surface area contributed by atoms with E-state index in [9.17, 15) is 18.0 Å². The minimum Gasteiger partial charge on any atom is -0.480 e. The van der Waals surface area contributed by atoms with E-state index < -0.39 is 27.9 Å². The molecule has 0 unspecified atom stereocenters. The third-order valence-electron chi connectivity index (χ3n) is 3.05. The standard InChI is InChI=1S/C11H20N2O5S/c1-3-6-12(8-10(14)15)11(16)9-5-4-7-13(9)19(2,17)18/h9H,3-8H2,1-2H3,(H,14,15)/t9-/m0/s1. The van der Waals surface area contributed by atoms with Crippen molar-refractivity contribution in [2.24, 2.45) is 0 Å². The van der Waals surface area contributed by atoms with Gasteiger partial charge in [0.05, 0.1) is 6.26 Å². The van der Waals surface area contributed by atoms with Crippen LogP contribution in [0.3, 0.4) is 0 Å². The predicted molar refractivity (Wildman–Crippen MR) is 69.1 cm³/mol. The maximum atomic E-state index is 12.3. The van der Waals surface area contributed by atoms with Gasteiger partial charge in [0.1, 0.15) is 12.6 Å². The van der Waals surface area contributed by atoms with Crippen LogP contribution in [0.5, 0.6) is 0 Å². The predicted octanol–water partition coefficient (Wildman–Crippen LogP) is -0.266. The molecule has 1 aliphatic heterocycles. The molecule has 1 N–H and O–H groups in total. The summed E-state index contributed by atoms with van der Waals surface area (Å²) in [5, 5.41) is 8.80. The van der Waals surface area contributed by atoms with Gasteiger partial charge in [-0.2, -0.15) is 4.31 Å². The van der Waals surface area contributed by atoms with Crippen LogP contribution >= 0.6 is 0 Å². The van der Waals surface area contributed by atoms with Crippen LogP contribution in [-0.2, 0) is 19.6 Å². The Morgan fingerprint density at radius 3 is 2.53 bits per heavy atom. The highest BCUT2D eigenvalue weighted by Gasteiger charge is 2.38. The Hall–Kier alpha value is -1.15. The lowest BCUT2D eigenvalue weighted by molar-refractivity contribution is -0.145. The van der Waals surface area contributed by atoms with E-state index in [0.717, 1.165) is 6.26 Å². The average Bonchev–Trinajstić information content (AvgIpc) is 2.75. The monoisotopic (exact) mass is 292 g/mol. The number of aliphatic carboxylic acids is 1. The summed E-state index contributed by atoms with van der Waals surface area (Å²) in [6.45, 7) is 2.09. The van der Waals surface area contributed by atoms with Gasteiger partial charge in [-0.05, 0) is 19.3 Å². The van der Waals surface area contributed by atoms with Crippen LogP contribution in [-0.4, -0.2) is 66.5 Å². The van der Waals surface area contributed by atoms with Crippen LogP contribution in [0.25, 0.3) is 0 Å². The van der Waals surface area contributed by atoms with Crippen LogP contribution in [0.2, 0.25) is 0 Å². The molecule has 7 nitrogen and oxygen atoms in total. The Morgan fingerprint density at radius 1 is 1.42 bits per heavy atom. The minimum atomic E-state index is -3.44. The van der Waals surface area contributed by atoms with Gasteiger partial charge in [0.25, 0.3) is 0 Å². The van der Waals surface area contributed by atoms with Gasteiger partial charge < -0.3 is 10.0 Å². The van der Waals surface area contributed by atoms with Crippen molar-refractivity contribution >= 4 is 21.9 Å². The SMILES string of the molecule is CCCN(CC(=O)O)C(=O)[C@@H]1CCCN1S(C)(=O)=O. The lowest BCUT2D eigenvalue weighted by atomic mass is 10.2. The molecule has 1 rings (SSSR count). The lowest BCUT2D eigenvalue weighted by Gasteiger charge is -2.27. The highest BCUT2D eigenvalue weighted by Crippen LogP contribution is 2.22. The van der Waals surface area contributed by atoms with Gasteiger partial charge in [-0.1, -0.05) is 6.92 Å². The van der Waals surface area contributed by atoms with E-state index in [4.69, 9.17) is 5.11 Å². The van der Waals surface area contributed by atoms with Gasteiger partial charge in [0.15, 0.2) is 0 Å². The summed E-state index contributed by atoms with van der Waals surface area (Å²) in [7, 11) is -3.44. The first-order chi connectivity index (χ1) is 8.77. The van der Waals surface area contributed by atoms with E-state index in [1.54, 1.807) is 0 Å². The Balaban J connectivity index is 2.86. The maximum absolute atomic E-state index is 12.3. The first-order valence-electron chi connectivity index (χ1n) is 6.24. The molecule has 110 valence electrons. The van der Waals surface area contributed by atoms with Gasteiger partial charge >= 0.3 is 5.97 Å². The highest BCUT2D eigenvalue weighted by molar-refractivity contribution is 7.88. The van der Waals surface area contributed by atoms with Crippen LogP contribution in [0.15, 0.2) is 0 Å². The molecule has 0 aliphatic carbocycles. The molecule has 0 bridgehead atoms. The second-order valence-corrected chi connectivity index (χ2v) is 6.62. The zero-order valence-corrected chi connectivity index (χ0v) is 12.0. The van der Waals surface area contributed by atoms with Crippen molar-refractivity contribution in [3.05, 3.63) is 0 Å². The fourth-order valence-corrected chi connectivity index (χ4v) is 3.41. The lowest BCUT2D eigenvalue weighted by Crippen LogP contribution is -2.49. The fraction of sp³-hybridized carbons (Fsp3) is 0.818. The molecule has 8 heteroatoms. The zero-order chi connectivity index (χ0) is 14.6. The van der Waals surface area contributed by atoms with Gasteiger partial charge in [-0.15, -0.1) is 0 Å². The molecule has 0 aromatic carbocycles. The number of hydrogen-bond acceptors (Lipinski definition) is 4. The molecule has 0 aromatic rings. The van der Waals surface area contributed by atoms with Crippen molar-refractivity contribution in [3.63, 3.8) is 0 Å². The summed E-state index contributed by atoms with van der Waals surface area (Å²) in [5.74, 6) is -1.50. The Morgan fingerprint density at radius 2 is 2.05 bits per heavy atom. The first-order valence-corrected chi connectivity index (χ1v) is 8.09. The summed E-state index contributed by atoms with van der Waals surface area (Å²) >= 11 is 0. The number of nitrogens with zero attached hydrogens (tertiary/aromatic N) is 2. The first kappa shape index (κ1) is 15.9. The third-order valence-corrected chi connectivity index (χ3v) is 4.34. The van der Waals surface area contributed by atoms with Gasteiger partial charge in [0.2, 0.25) is 15.9 Å². The van der Waals surface area contributed by atoms with E-state index in [2.05, 4.69) is 0 Å². The second-order valence-electron chi connectivity index (χ2n) is 4.69. The number of hydrogen-bond donors (Lipinski definition) is 1. The zero-order valence-electron chi connectivity index (χ0n) is 11.2. The summed E-state index contributed by atoms with van der Waals surface area (Å²) < 4.78 is 24.3. The molecule has 1 saturated heterocycles. The molecule has 0 spiro atoms. The number of carbonyl (C=O) groups excluding carboxylic acids is 1. The van der Waals surface area contributed by atoms with Crippen molar-refractivity contribution in [2.75, 3.05) is 25.9 Å². The Labute approximate surface area is 113 Å². The van der Waals surface area contributed by atoms with Crippen LogP contribution < -0.4 is 0 Å². The molecule has 1 heterocycles. The molecule has 0 aromatic heterocycles. The van der Waals surface area contributed by atoms with Gasteiger partial charge in [0, 0.05) is 13.1 Å². The quantitative estimate of drug-likeness (QED) is 0.727. The molecular weight excluding hydrogens is 272 g/mol. The fourth-order valence-electron chi connectivity index (χ4n) is 2.30. The van der Waals surface area contributed by atoms with Crippen molar-refractivity contribution in [1.82, 2.24) is 9.21 Å². The van der Waals surface area contributed by atoms with E-state index in [0.29, 0.717) is 32.4 Å². The van der Waals surface area contributed by atoms with Crippen LogP contribution in [0.4, 0.5) is 0 Å². The normalized spacial score (nSPS) is 20.4. The molecule has 1 amide bonds. The molecule has 19 heavy (non-hydrogen) atoms. The molecule has 0 radical (unpaired) electrons. The summed E-state index contributed by atoms with van der Waals surface area (Å²) in [6, 6.07) is -0.749. The van der Waals surface area contributed by atoms with E-state index in [1.165, 1.54) is 9.21 Å². The smallest absolute Gasteiger partial charge is 0.323 e. The minimum absolute atomic E-state index is 0.319. The number of amides is 1. The van der Waals surface area contributed by atoms with Crippen molar-refractivity contribution in [1.29, 1.82) is 0 Å². The number of rotatable bonds is 6. The number of carboxylic acid groups (broad SMARTS) is 1. The third kappa shape index (κ3) is 4.17. The molecule has 0 saturated carbocycles. The molecule has 1 aliphatic rings. The van der Waals surface area contributed by atoms with E-state index in [1.807, 2.05) is 6.92 Å². The van der Waals surface area contributed by atoms with Crippen molar-refractivity contribution < 1.29 is 23.1 Å². The summed E-state index contributed by atoms with van der Waals surface area (Å²) in [4.78, 5) is 24.3. The summed E-state index contributed by atoms with van der Waals surface area (Å²) in [5.41, 5.74) is 0. The second kappa shape index (κ2) is 6.33. The maximum Gasteiger partial charge on any atom is 0.323 e. The van der Waals surface area contributed by atoms with Crippen molar-refractivity contribution in [3.8, 4) is 0 Å². The van der Waals surface area contributed by atoms with Gasteiger partial charge in [-0.3, -0.25) is 9.59 Å². The summed E-state index contributed by atoms with van der Waals surface area (Å²) in [6.07, 6.45) is 2.77. The Kier molecular flexibility index (Phi) is 5.30. The topological polar surface area (TPSA) is 95.0 Å². The molecule has 1 atom stereocenters. The molecular formula is C11H20N2O5S. The van der Waals surface area contributed by atoms with Gasteiger partial charge in [-0.25, -0.2) is 8.42 Å². The average molecular weight is 292 g/mol.